The Kier molecular flexibility index (Phi) is 6.35. The van der Waals surface area contributed by atoms with Crippen molar-refractivity contribution in [1.29, 1.82) is 0 Å². The topological polar surface area (TPSA) is 15.3 Å². The van der Waals surface area contributed by atoms with Crippen molar-refractivity contribution in [3.05, 3.63) is 0 Å². The zero-order valence-electron chi connectivity index (χ0n) is 14.1. The summed E-state index contributed by atoms with van der Waals surface area (Å²) in [6.07, 6.45) is 13.1. The summed E-state index contributed by atoms with van der Waals surface area (Å²) in [5.41, 5.74) is 0.551. The quantitative estimate of drug-likeness (QED) is 0.756. The molecule has 0 saturated heterocycles. The molecule has 0 heterocycles. The Morgan fingerprint density at radius 2 is 1.70 bits per heavy atom. The number of nitrogens with one attached hydrogen (secondary N) is 1. The molecule has 0 aromatic rings. The lowest BCUT2D eigenvalue weighted by atomic mass is 9.73. The van der Waals surface area contributed by atoms with Crippen LogP contribution < -0.4 is 5.32 Å². The minimum absolute atomic E-state index is 0.551. The van der Waals surface area contributed by atoms with E-state index in [-0.39, 0.29) is 0 Å². The minimum Gasteiger partial charge on any atom is -0.314 e. The largest absolute Gasteiger partial charge is 0.314 e. The first-order chi connectivity index (χ1) is 9.60. The van der Waals surface area contributed by atoms with Crippen molar-refractivity contribution in [3.63, 3.8) is 0 Å². The minimum atomic E-state index is 0.551. The Hall–Kier alpha value is -0.0800. The van der Waals surface area contributed by atoms with Crippen LogP contribution in [0.15, 0.2) is 0 Å². The molecule has 0 spiro atoms. The van der Waals surface area contributed by atoms with Crippen molar-refractivity contribution >= 4 is 0 Å². The van der Waals surface area contributed by atoms with Crippen molar-refractivity contribution < 1.29 is 0 Å². The highest BCUT2D eigenvalue weighted by molar-refractivity contribution is 4.88. The average Bonchev–Trinajstić information content (AvgIpc) is 2.90. The standard InChI is InChI=1S/C18H36N2/c1-16(2)19-14-18(11-7-4-8-12-18)15-20(3)13-17-9-5-6-10-17/h16-17,19H,4-15H2,1-3H3. The van der Waals surface area contributed by atoms with Gasteiger partial charge in [-0.3, -0.25) is 0 Å². The first-order valence-corrected chi connectivity index (χ1v) is 9.02. The monoisotopic (exact) mass is 280 g/mol. The molecule has 0 radical (unpaired) electrons. The smallest absolute Gasteiger partial charge is 0.00472 e. The van der Waals surface area contributed by atoms with Crippen LogP contribution in [0.5, 0.6) is 0 Å². The maximum absolute atomic E-state index is 3.73. The van der Waals surface area contributed by atoms with Crippen molar-refractivity contribution in [2.24, 2.45) is 11.3 Å². The molecule has 2 heteroatoms. The van der Waals surface area contributed by atoms with Gasteiger partial charge in [-0.15, -0.1) is 0 Å². The van der Waals surface area contributed by atoms with Gasteiger partial charge in [-0.1, -0.05) is 46.0 Å². The van der Waals surface area contributed by atoms with Crippen LogP contribution in [0, 0.1) is 11.3 Å². The Morgan fingerprint density at radius 3 is 2.30 bits per heavy atom. The maximum atomic E-state index is 3.73. The molecule has 2 rings (SSSR count). The SMILES string of the molecule is CC(C)NCC1(CN(C)CC2CCCC2)CCCCC1. The summed E-state index contributed by atoms with van der Waals surface area (Å²) in [6, 6.07) is 0.619. The summed E-state index contributed by atoms with van der Waals surface area (Å²) in [5, 5.41) is 3.73. The van der Waals surface area contributed by atoms with E-state index in [4.69, 9.17) is 0 Å². The van der Waals surface area contributed by atoms with E-state index < -0.39 is 0 Å². The van der Waals surface area contributed by atoms with Gasteiger partial charge in [-0.25, -0.2) is 0 Å². The van der Waals surface area contributed by atoms with Gasteiger partial charge in [-0.05, 0) is 44.1 Å². The van der Waals surface area contributed by atoms with Crippen LogP contribution in [0.2, 0.25) is 0 Å². The Labute approximate surface area is 126 Å². The average molecular weight is 280 g/mol. The van der Waals surface area contributed by atoms with E-state index in [0.29, 0.717) is 11.5 Å². The normalized spacial score (nSPS) is 23.9. The molecule has 2 nitrogen and oxygen atoms in total. The molecule has 0 aromatic carbocycles. The highest BCUT2D eigenvalue weighted by atomic mass is 15.1. The molecule has 0 aromatic heterocycles. The van der Waals surface area contributed by atoms with E-state index in [1.807, 2.05) is 0 Å². The summed E-state index contributed by atoms with van der Waals surface area (Å²) in [7, 11) is 2.37. The van der Waals surface area contributed by atoms with Gasteiger partial charge in [0.2, 0.25) is 0 Å². The number of hydrogen-bond acceptors (Lipinski definition) is 2. The van der Waals surface area contributed by atoms with E-state index in [0.717, 1.165) is 5.92 Å². The zero-order chi connectivity index (χ0) is 14.4. The first-order valence-electron chi connectivity index (χ1n) is 9.02. The molecule has 2 saturated carbocycles. The molecular weight excluding hydrogens is 244 g/mol. The molecule has 0 unspecified atom stereocenters. The molecule has 0 amide bonds. The molecule has 2 fully saturated rings. The van der Waals surface area contributed by atoms with E-state index in [1.165, 1.54) is 77.4 Å². The third kappa shape index (κ3) is 5.04. The van der Waals surface area contributed by atoms with Gasteiger partial charge < -0.3 is 10.2 Å². The van der Waals surface area contributed by atoms with Crippen LogP contribution >= 0.6 is 0 Å². The van der Waals surface area contributed by atoms with E-state index in [9.17, 15) is 0 Å². The van der Waals surface area contributed by atoms with Crippen LogP contribution in [0.1, 0.15) is 71.6 Å². The highest BCUT2D eigenvalue weighted by Crippen LogP contribution is 2.37. The molecule has 118 valence electrons. The lowest BCUT2D eigenvalue weighted by Gasteiger charge is -2.41. The molecule has 2 aliphatic carbocycles. The van der Waals surface area contributed by atoms with Crippen molar-refractivity contribution in [3.8, 4) is 0 Å². The Balaban J connectivity index is 1.85. The maximum Gasteiger partial charge on any atom is 0.00472 e. The fourth-order valence-corrected chi connectivity index (χ4v) is 4.38. The summed E-state index contributed by atoms with van der Waals surface area (Å²) >= 11 is 0. The van der Waals surface area contributed by atoms with Gasteiger partial charge >= 0.3 is 0 Å². The number of nitrogens with zero attached hydrogens (tertiary/aromatic N) is 1. The number of hydrogen-bond donors (Lipinski definition) is 1. The third-order valence-electron chi connectivity index (χ3n) is 5.45. The van der Waals surface area contributed by atoms with Crippen LogP contribution in [-0.2, 0) is 0 Å². The predicted octanol–water partition coefficient (Wildman–Crippen LogP) is 4.06. The highest BCUT2D eigenvalue weighted by Gasteiger charge is 2.33. The van der Waals surface area contributed by atoms with Crippen LogP contribution in [0.25, 0.3) is 0 Å². The van der Waals surface area contributed by atoms with E-state index >= 15 is 0 Å². The zero-order valence-corrected chi connectivity index (χ0v) is 14.1. The Bertz CT molecular complexity index is 263. The third-order valence-corrected chi connectivity index (χ3v) is 5.45. The van der Waals surface area contributed by atoms with Gasteiger partial charge in [0.1, 0.15) is 0 Å². The first kappa shape index (κ1) is 16.3. The lowest BCUT2D eigenvalue weighted by molar-refractivity contribution is 0.106. The van der Waals surface area contributed by atoms with Gasteiger partial charge in [0, 0.05) is 25.7 Å². The fourth-order valence-electron chi connectivity index (χ4n) is 4.38. The van der Waals surface area contributed by atoms with Crippen molar-refractivity contribution in [2.45, 2.75) is 77.7 Å². The van der Waals surface area contributed by atoms with Crippen LogP contribution in [-0.4, -0.2) is 37.6 Å². The van der Waals surface area contributed by atoms with E-state index in [2.05, 4.69) is 31.1 Å². The second-order valence-corrected chi connectivity index (χ2v) is 7.94. The molecule has 0 bridgehead atoms. The predicted molar refractivity (Wildman–Crippen MR) is 88.1 cm³/mol. The van der Waals surface area contributed by atoms with Gasteiger partial charge in [0.15, 0.2) is 0 Å². The van der Waals surface area contributed by atoms with Gasteiger partial charge in [-0.2, -0.15) is 0 Å². The molecule has 0 aliphatic heterocycles. The van der Waals surface area contributed by atoms with Gasteiger partial charge in [0.05, 0.1) is 0 Å². The summed E-state index contributed by atoms with van der Waals surface area (Å²) < 4.78 is 0. The van der Waals surface area contributed by atoms with Crippen molar-refractivity contribution in [1.82, 2.24) is 10.2 Å². The van der Waals surface area contributed by atoms with Crippen LogP contribution in [0.4, 0.5) is 0 Å². The van der Waals surface area contributed by atoms with Gasteiger partial charge in [0.25, 0.3) is 0 Å². The van der Waals surface area contributed by atoms with Crippen LogP contribution in [0.3, 0.4) is 0 Å². The molecular formula is C18H36N2. The fraction of sp³-hybridized carbons (Fsp3) is 1.00. The molecule has 0 atom stereocenters. The second-order valence-electron chi connectivity index (χ2n) is 7.94. The summed E-state index contributed by atoms with van der Waals surface area (Å²) in [4.78, 5) is 2.66. The summed E-state index contributed by atoms with van der Waals surface area (Å²) in [5.74, 6) is 0.985. The second kappa shape index (κ2) is 7.79. The van der Waals surface area contributed by atoms with E-state index in [1.54, 1.807) is 0 Å². The van der Waals surface area contributed by atoms with Crippen molar-refractivity contribution in [2.75, 3.05) is 26.7 Å². The summed E-state index contributed by atoms with van der Waals surface area (Å²) in [6.45, 7) is 8.42. The Morgan fingerprint density at radius 1 is 1.05 bits per heavy atom. The number of rotatable bonds is 7. The molecule has 20 heavy (non-hydrogen) atoms. The molecule has 1 N–H and O–H groups in total. The lowest BCUT2D eigenvalue weighted by Crippen LogP contribution is -2.46. The molecule has 2 aliphatic rings.